The van der Waals surface area contributed by atoms with Gasteiger partial charge in [0.25, 0.3) is 0 Å². The highest BCUT2D eigenvalue weighted by molar-refractivity contribution is 7.09. The first-order chi connectivity index (χ1) is 8.15. The van der Waals surface area contributed by atoms with E-state index in [9.17, 15) is 4.79 Å². The highest BCUT2D eigenvalue weighted by atomic mass is 32.1. The minimum atomic E-state index is -0.363. The van der Waals surface area contributed by atoms with Gasteiger partial charge in [-0.25, -0.2) is 9.78 Å². The summed E-state index contributed by atoms with van der Waals surface area (Å²) >= 11 is 1.44. The van der Waals surface area contributed by atoms with E-state index < -0.39 is 0 Å². The number of aromatic nitrogens is 3. The summed E-state index contributed by atoms with van der Waals surface area (Å²) in [6, 6.07) is 0. The van der Waals surface area contributed by atoms with Crippen molar-refractivity contribution in [2.75, 3.05) is 6.61 Å². The predicted molar refractivity (Wildman–Crippen MR) is 64.0 cm³/mol. The molecule has 0 radical (unpaired) electrons. The molecule has 0 saturated heterocycles. The summed E-state index contributed by atoms with van der Waals surface area (Å²) in [6.07, 6.45) is 4.34. The number of carbonyl (C=O) groups excluding carboxylic acids is 1. The lowest BCUT2D eigenvalue weighted by molar-refractivity contribution is 0.0503. The van der Waals surface area contributed by atoms with Crippen LogP contribution < -0.4 is 0 Å². The molecule has 0 aliphatic carbocycles. The lowest BCUT2D eigenvalue weighted by Gasteiger charge is -2.00. The van der Waals surface area contributed by atoms with Crippen molar-refractivity contribution in [1.82, 2.24) is 14.8 Å². The number of ether oxygens (including phenoxy) is 1. The molecule has 0 aliphatic heterocycles. The van der Waals surface area contributed by atoms with Crippen molar-refractivity contribution >= 4 is 17.3 Å². The SMILES string of the molecule is Cc1nc(C(=O)OCCc2cnn(C)c2)cs1. The molecule has 5 nitrogen and oxygen atoms in total. The Morgan fingerprint density at radius 2 is 2.41 bits per heavy atom. The molecule has 17 heavy (non-hydrogen) atoms. The zero-order chi connectivity index (χ0) is 12.3. The molecule has 0 unspecified atom stereocenters. The standard InChI is InChI=1S/C11H13N3O2S/c1-8-13-10(7-17-8)11(15)16-4-3-9-5-12-14(2)6-9/h5-7H,3-4H2,1-2H3. The van der Waals surface area contributed by atoms with Crippen LogP contribution in [-0.2, 0) is 18.2 Å². The number of hydrogen-bond donors (Lipinski definition) is 0. The van der Waals surface area contributed by atoms with Gasteiger partial charge in [-0.2, -0.15) is 5.10 Å². The van der Waals surface area contributed by atoms with E-state index in [-0.39, 0.29) is 5.97 Å². The highest BCUT2D eigenvalue weighted by Crippen LogP contribution is 2.09. The fourth-order valence-electron chi connectivity index (χ4n) is 1.39. The van der Waals surface area contributed by atoms with E-state index in [0.717, 1.165) is 10.6 Å². The molecular formula is C11H13N3O2S. The van der Waals surface area contributed by atoms with Crippen LogP contribution in [0.4, 0.5) is 0 Å². The average molecular weight is 251 g/mol. The summed E-state index contributed by atoms with van der Waals surface area (Å²) in [7, 11) is 1.85. The van der Waals surface area contributed by atoms with Crippen LogP contribution in [0, 0.1) is 6.92 Å². The highest BCUT2D eigenvalue weighted by Gasteiger charge is 2.10. The van der Waals surface area contributed by atoms with Crippen LogP contribution in [0.2, 0.25) is 0 Å². The molecule has 6 heteroatoms. The summed E-state index contributed by atoms with van der Waals surface area (Å²) in [5.41, 5.74) is 1.44. The molecule has 0 N–H and O–H groups in total. The Morgan fingerprint density at radius 3 is 3.00 bits per heavy atom. The fourth-order valence-corrected chi connectivity index (χ4v) is 1.98. The zero-order valence-electron chi connectivity index (χ0n) is 9.71. The Hall–Kier alpha value is -1.69. The number of carbonyl (C=O) groups is 1. The monoisotopic (exact) mass is 251 g/mol. The molecule has 0 amide bonds. The number of thiazole rings is 1. The van der Waals surface area contributed by atoms with E-state index in [2.05, 4.69) is 10.1 Å². The third kappa shape index (κ3) is 3.13. The second-order valence-electron chi connectivity index (χ2n) is 3.66. The Kier molecular flexibility index (Phi) is 3.53. The molecule has 0 fully saturated rings. The van der Waals surface area contributed by atoms with Gasteiger partial charge in [-0.15, -0.1) is 11.3 Å². The maximum atomic E-state index is 11.6. The Morgan fingerprint density at radius 1 is 1.59 bits per heavy atom. The summed E-state index contributed by atoms with van der Waals surface area (Å²) in [6.45, 7) is 2.21. The van der Waals surface area contributed by atoms with Crippen molar-refractivity contribution in [2.45, 2.75) is 13.3 Å². The maximum Gasteiger partial charge on any atom is 0.357 e. The van der Waals surface area contributed by atoms with Crippen LogP contribution in [0.5, 0.6) is 0 Å². The van der Waals surface area contributed by atoms with Crippen LogP contribution in [0.1, 0.15) is 21.1 Å². The Labute approximate surface area is 103 Å². The van der Waals surface area contributed by atoms with Gasteiger partial charge in [0.15, 0.2) is 5.69 Å². The van der Waals surface area contributed by atoms with Gasteiger partial charge in [-0.05, 0) is 12.5 Å². The first-order valence-corrected chi connectivity index (χ1v) is 6.10. The topological polar surface area (TPSA) is 57.0 Å². The minimum absolute atomic E-state index is 0.348. The van der Waals surface area contributed by atoms with Gasteiger partial charge in [0.1, 0.15) is 0 Å². The molecule has 2 aromatic rings. The molecule has 0 saturated carbocycles. The number of nitrogens with zero attached hydrogens (tertiary/aromatic N) is 3. The molecule has 0 atom stereocenters. The molecule has 0 spiro atoms. The van der Waals surface area contributed by atoms with Gasteiger partial charge in [-0.3, -0.25) is 4.68 Å². The second kappa shape index (κ2) is 5.09. The smallest absolute Gasteiger partial charge is 0.357 e. The van der Waals surface area contributed by atoms with Crippen LogP contribution in [0.25, 0.3) is 0 Å². The Bertz CT molecular complexity index is 518. The van der Waals surface area contributed by atoms with Crippen LogP contribution in [0.3, 0.4) is 0 Å². The van der Waals surface area contributed by atoms with Crippen molar-refractivity contribution in [3.05, 3.63) is 34.0 Å². The number of hydrogen-bond acceptors (Lipinski definition) is 5. The van der Waals surface area contributed by atoms with Gasteiger partial charge < -0.3 is 4.74 Å². The predicted octanol–water partition coefficient (Wildman–Crippen LogP) is 1.58. The summed E-state index contributed by atoms with van der Waals surface area (Å²) in [5.74, 6) is -0.363. The van der Waals surface area contributed by atoms with E-state index in [1.54, 1.807) is 16.3 Å². The van der Waals surface area contributed by atoms with E-state index in [1.165, 1.54) is 11.3 Å². The summed E-state index contributed by atoms with van der Waals surface area (Å²) in [4.78, 5) is 15.6. The van der Waals surface area contributed by atoms with E-state index >= 15 is 0 Å². The number of rotatable bonds is 4. The third-order valence-corrected chi connectivity index (χ3v) is 2.98. The van der Waals surface area contributed by atoms with Crippen molar-refractivity contribution in [1.29, 1.82) is 0 Å². The largest absolute Gasteiger partial charge is 0.461 e. The third-order valence-electron chi connectivity index (χ3n) is 2.21. The number of aryl methyl sites for hydroxylation is 2. The quantitative estimate of drug-likeness (QED) is 0.774. The molecule has 0 aromatic carbocycles. The molecule has 2 aromatic heterocycles. The molecular weight excluding hydrogens is 238 g/mol. The van der Waals surface area contributed by atoms with E-state index in [4.69, 9.17) is 4.74 Å². The second-order valence-corrected chi connectivity index (χ2v) is 4.72. The van der Waals surface area contributed by atoms with Gasteiger partial charge in [0, 0.05) is 25.0 Å². The van der Waals surface area contributed by atoms with E-state index in [1.807, 2.05) is 20.2 Å². The van der Waals surface area contributed by atoms with Gasteiger partial charge in [0.05, 0.1) is 17.8 Å². The summed E-state index contributed by atoms with van der Waals surface area (Å²) in [5, 5.41) is 6.62. The maximum absolute atomic E-state index is 11.6. The summed E-state index contributed by atoms with van der Waals surface area (Å²) < 4.78 is 6.85. The normalized spacial score (nSPS) is 10.5. The van der Waals surface area contributed by atoms with Crippen LogP contribution in [-0.4, -0.2) is 27.3 Å². The zero-order valence-corrected chi connectivity index (χ0v) is 10.5. The van der Waals surface area contributed by atoms with Gasteiger partial charge in [0.2, 0.25) is 0 Å². The lowest BCUT2D eigenvalue weighted by atomic mass is 10.3. The lowest BCUT2D eigenvalue weighted by Crippen LogP contribution is -2.08. The van der Waals surface area contributed by atoms with Crippen molar-refractivity contribution in [3.8, 4) is 0 Å². The van der Waals surface area contributed by atoms with E-state index in [0.29, 0.717) is 18.7 Å². The molecule has 2 rings (SSSR count). The van der Waals surface area contributed by atoms with Crippen LogP contribution >= 0.6 is 11.3 Å². The Balaban J connectivity index is 1.81. The van der Waals surface area contributed by atoms with Gasteiger partial charge >= 0.3 is 5.97 Å². The van der Waals surface area contributed by atoms with Crippen molar-refractivity contribution in [2.24, 2.45) is 7.05 Å². The number of esters is 1. The van der Waals surface area contributed by atoms with Crippen molar-refractivity contribution in [3.63, 3.8) is 0 Å². The molecule has 90 valence electrons. The average Bonchev–Trinajstić information content (AvgIpc) is 2.88. The molecule has 0 aliphatic rings. The van der Waals surface area contributed by atoms with Gasteiger partial charge in [-0.1, -0.05) is 0 Å². The first kappa shape index (κ1) is 11.8. The fraction of sp³-hybridized carbons (Fsp3) is 0.364. The minimum Gasteiger partial charge on any atom is -0.461 e. The van der Waals surface area contributed by atoms with Crippen LogP contribution in [0.15, 0.2) is 17.8 Å². The first-order valence-electron chi connectivity index (χ1n) is 5.22. The molecule has 0 bridgehead atoms. The van der Waals surface area contributed by atoms with Crippen molar-refractivity contribution < 1.29 is 9.53 Å². The molecule has 2 heterocycles.